The van der Waals surface area contributed by atoms with Gasteiger partial charge in [-0.05, 0) is 24.7 Å². The summed E-state index contributed by atoms with van der Waals surface area (Å²) in [6.45, 7) is 2.49. The van der Waals surface area contributed by atoms with Gasteiger partial charge in [-0.25, -0.2) is 8.78 Å². The van der Waals surface area contributed by atoms with E-state index in [0.717, 1.165) is 6.07 Å². The molecule has 2 nitrogen and oxygen atoms in total. The Morgan fingerprint density at radius 2 is 1.95 bits per heavy atom. The summed E-state index contributed by atoms with van der Waals surface area (Å²) in [6, 6.07) is 8.72. The molecule has 5 heteroatoms. The molecule has 0 saturated carbocycles. The van der Waals surface area contributed by atoms with Gasteiger partial charge in [-0.2, -0.15) is 0 Å². The van der Waals surface area contributed by atoms with Crippen LogP contribution in [0.3, 0.4) is 0 Å². The average molecular weight is 312 g/mol. The molecule has 1 N–H and O–H groups in total. The van der Waals surface area contributed by atoms with E-state index in [-0.39, 0.29) is 5.56 Å². The molecular formula is C16H16ClF2NO. The summed E-state index contributed by atoms with van der Waals surface area (Å²) in [7, 11) is 1.51. The second-order valence-corrected chi connectivity index (χ2v) is 4.96. The highest BCUT2D eigenvalue weighted by Crippen LogP contribution is 2.33. The lowest BCUT2D eigenvalue weighted by atomic mass is 9.97. The Morgan fingerprint density at radius 1 is 1.19 bits per heavy atom. The molecule has 2 aromatic carbocycles. The fraction of sp³-hybridized carbons (Fsp3) is 0.250. The van der Waals surface area contributed by atoms with Crippen molar-refractivity contribution in [3.05, 3.63) is 64.2 Å². The Hall–Kier alpha value is -1.65. The summed E-state index contributed by atoms with van der Waals surface area (Å²) in [5, 5.41) is 3.67. The number of methoxy groups -OCH3 is 1. The third-order valence-electron chi connectivity index (χ3n) is 3.21. The molecule has 2 rings (SSSR count). The average Bonchev–Trinajstić information content (AvgIpc) is 2.48. The van der Waals surface area contributed by atoms with Gasteiger partial charge in [0, 0.05) is 16.1 Å². The van der Waals surface area contributed by atoms with E-state index in [4.69, 9.17) is 16.3 Å². The van der Waals surface area contributed by atoms with Gasteiger partial charge in [0.15, 0.2) is 11.6 Å². The predicted molar refractivity (Wildman–Crippen MR) is 79.9 cm³/mol. The normalized spacial score (nSPS) is 12.2. The van der Waals surface area contributed by atoms with E-state index in [1.807, 2.05) is 6.92 Å². The molecule has 0 aromatic heterocycles. The van der Waals surface area contributed by atoms with Gasteiger partial charge >= 0.3 is 0 Å². The van der Waals surface area contributed by atoms with Gasteiger partial charge in [-0.1, -0.05) is 36.7 Å². The molecule has 21 heavy (non-hydrogen) atoms. The summed E-state index contributed by atoms with van der Waals surface area (Å²) in [6.07, 6.45) is 0. The summed E-state index contributed by atoms with van der Waals surface area (Å²) in [5.74, 6) is -1.21. The number of hydrogen-bond donors (Lipinski definition) is 1. The van der Waals surface area contributed by atoms with Gasteiger partial charge in [0.2, 0.25) is 0 Å². The van der Waals surface area contributed by atoms with Crippen molar-refractivity contribution in [3.63, 3.8) is 0 Å². The van der Waals surface area contributed by atoms with Crippen molar-refractivity contribution in [3.8, 4) is 5.75 Å². The fourth-order valence-electron chi connectivity index (χ4n) is 2.26. The number of nitrogens with one attached hydrogen (secondary N) is 1. The van der Waals surface area contributed by atoms with Gasteiger partial charge < -0.3 is 10.1 Å². The largest absolute Gasteiger partial charge is 0.496 e. The molecule has 1 unspecified atom stereocenters. The third-order valence-corrected chi connectivity index (χ3v) is 3.44. The minimum absolute atomic E-state index is 0.234. The first-order valence-electron chi connectivity index (χ1n) is 6.59. The first-order valence-corrected chi connectivity index (χ1v) is 6.97. The fourth-order valence-corrected chi connectivity index (χ4v) is 2.42. The zero-order valence-corrected chi connectivity index (χ0v) is 12.5. The minimum Gasteiger partial charge on any atom is -0.496 e. The highest BCUT2D eigenvalue weighted by molar-refractivity contribution is 6.30. The van der Waals surface area contributed by atoms with Crippen LogP contribution in [0, 0.1) is 11.6 Å². The van der Waals surface area contributed by atoms with Crippen molar-refractivity contribution < 1.29 is 13.5 Å². The van der Waals surface area contributed by atoms with Gasteiger partial charge in [-0.15, -0.1) is 0 Å². The Kier molecular flexibility index (Phi) is 5.15. The molecule has 0 saturated heterocycles. The van der Waals surface area contributed by atoms with Gasteiger partial charge in [0.05, 0.1) is 13.2 Å². The van der Waals surface area contributed by atoms with Crippen LogP contribution in [-0.2, 0) is 0 Å². The van der Waals surface area contributed by atoms with Crippen LogP contribution >= 0.6 is 11.6 Å². The van der Waals surface area contributed by atoms with E-state index in [1.54, 1.807) is 24.3 Å². The van der Waals surface area contributed by atoms with Crippen molar-refractivity contribution >= 4 is 11.6 Å². The van der Waals surface area contributed by atoms with Crippen molar-refractivity contribution in [1.29, 1.82) is 0 Å². The summed E-state index contributed by atoms with van der Waals surface area (Å²) >= 11 is 5.95. The van der Waals surface area contributed by atoms with Crippen LogP contribution in [0.5, 0.6) is 5.75 Å². The molecule has 112 valence electrons. The molecule has 0 amide bonds. The highest BCUT2D eigenvalue weighted by Gasteiger charge is 2.22. The number of benzene rings is 2. The zero-order chi connectivity index (χ0) is 15.4. The number of rotatable bonds is 5. The van der Waals surface area contributed by atoms with Gasteiger partial charge in [0.25, 0.3) is 0 Å². The zero-order valence-electron chi connectivity index (χ0n) is 11.8. The number of hydrogen-bond acceptors (Lipinski definition) is 2. The Bertz CT molecular complexity index is 634. The van der Waals surface area contributed by atoms with Gasteiger partial charge in [0.1, 0.15) is 5.75 Å². The van der Waals surface area contributed by atoms with Crippen LogP contribution in [0.4, 0.5) is 8.78 Å². The molecule has 0 heterocycles. The number of halogens is 3. The van der Waals surface area contributed by atoms with Crippen molar-refractivity contribution in [2.24, 2.45) is 0 Å². The maximum Gasteiger partial charge on any atom is 0.163 e. The van der Waals surface area contributed by atoms with Gasteiger partial charge in [-0.3, -0.25) is 0 Å². The van der Waals surface area contributed by atoms with Crippen LogP contribution in [-0.4, -0.2) is 13.7 Å². The van der Waals surface area contributed by atoms with Crippen LogP contribution in [0.25, 0.3) is 0 Å². The van der Waals surface area contributed by atoms with E-state index in [2.05, 4.69) is 5.32 Å². The van der Waals surface area contributed by atoms with Crippen molar-refractivity contribution in [2.45, 2.75) is 13.0 Å². The maximum absolute atomic E-state index is 14.1. The van der Waals surface area contributed by atoms with Crippen LogP contribution < -0.4 is 10.1 Å². The Morgan fingerprint density at radius 3 is 2.62 bits per heavy atom. The molecule has 0 aliphatic heterocycles. The Balaban J connectivity index is 2.56. The van der Waals surface area contributed by atoms with E-state index in [9.17, 15) is 8.78 Å². The second-order valence-electron chi connectivity index (χ2n) is 4.52. The lowest BCUT2D eigenvalue weighted by Crippen LogP contribution is -2.24. The molecule has 0 bridgehead atoms. The lowest BCUT2D eigenvalue weighted by molar-refractivity contribution is 0.402. The molecular weight excluding hydrogens is 296 g/mol. The third kappa shape index (κ3) is 3.34. The smallest absolute Gasteiger partial charge is 0.163 e. The van der Waals surface area contributed by atoms with Crippen LogP contribution in [0.15, 0.2) is 36.4 Å². The standard InChI is InChI=1S/C16H16ClF2NO/c1-3-20-16(12-5-4-6-13(18)15(12)19)11-8-7-10(17)9-14(11)21-2/h4-9,16,20H,3H2,1-2H3. The summed E-state index contributed by atoms with van der Waals surface area (Å²) < 4.78 is 32.9. The monoisotopic (exact) mass is 311 g/mol. The van der Waals surface area contributed by atoms with E-state index in [1.165, 1.54) is 13.2 Å². The van der Waals surface area contributed by atoms with Crippen molar-refractivity contribution in [2.75, 3.05) is 13.7 Å². The van der Waals surface area contributed by atoms with Crippen LogP contribution in [0.1, 0.15) is 24.1 Å². The van der Waals surface area contributed by atoms with Crippen molar-refractivity contribution in [1.82, 2.24) is 5.32 Å². The lowest BCUT2D eigenvalue weighted by Gasteiger charge is -2.22. The highest BCUT2D eigenvalue weighted by atomic mass is 35.5. The topological polar surface area (TPSA) is 21.3 Å². The van der Waals surface area contributed by atoms with Crippen LogP contribution in [0.2, 0.25) is 5.02 Å². The molecule has 0 radical (unpaired) electrons. The first kappa shape index (κ1) is 15.7. The molecule has 1 atom stereocenters. The Labute approximate surface area is 127 Å². The van der Waals surface area contributed by atoms with E-state index < -0.39 is 17.7 Å². The second kappa shape index (κ2) is 6.87. The summed E-state index contributed by atoms with van der Waals surface area (Å²) in [4.78, 5) is 0. The van der Waals surface area contributed by atoms with E-state index in [0.29, 0.717) is 22.9 Å². The molecule has 2 aromatic rings. The molecule has 0 aliphatic rings. The quantitative estimate of drug-likeness (QED) is 0.887. The first-order chi connectivity index (χ1) is 10.1. The molecule has 0 spiro atoms. The van der Waals surface area contributed by atoms with E-state index >= 15 is 0 Å². The predicted octanol–water partition coefficient (Wildman–Crippen LogP) is 4.33. The molecule has 0 aliphatic carbocycles. The SMILES string of the molecule is CCNC(c1ccc(Cl)cc1OC)c1cccc(F)c1F. The maximum atomic E-state index is 14.1. The molecule has 0 fully saturated rings. The number of ether oxygens (including phenoxy) is 1. The summed E-state index contributed by atoms with van der Waals surface area (Å²) in [5.41, 5.74) is 0.936. The minimum atomic E-state index is -0.872.